The normalized spacial score (nSPS) is 11.1. The lowest BCUT2D eigenvalue weighted by molar-refractivity contribution is -0.118. The summed E-state index contributed by atoms with van der Waals surface area (Å²) in [7, 11) is 0. The summed E-state index contributed by atoms with van der Waals surface area (Å²) >= 11 is 7.27. The number of hydrogen-bond acceptors (Lipinski definition) is 5. The van der Waals surface area contributed by atoms with Crippen LogP contribution in [-0.4, -0.2) is 32.6 Å². The average molecular weight is 480 g/mol. The van der Waals surface area contributed by atoms with Gasteiger partial charge in [-0.25, -0.2) is 9.82 Å². The number of rotatable bonds is 7. The fourth-order valence-corrected chi connectivity index (χ4v) is 3.87. The molecule has 0 spiro atoms. The standard InChI is InChI=1S/C24H19ClFN5OS/c1-16-5-11-21(12-6-16)31-23(18-7-9-19(25)10-8-18)29-30-24(31)33-15-22(32)28-27-14-17-3-2-4-20(26)13-17/h2-14H,15H2,1H3,(H,28,32)/b27-14-. The van der Waals surface area contributed by atoms with Gasteiger partial charge in [-0.1, -0.05) is 53.2 Å². The summed E-state index contributed by atoms with van der Waals surface area (Å²) in [6, 6.07) is 21.2. The molecule has 9 heteroatoms. The van der Waals surface area contributed by atoms with Gasteiger partial charge in [0, 0.05) is 16.3 Å². The maximum absolute atomic E-state index is 13.2. The Morgan fingerprint density at radius 1 is 1.12 bits per heavy atom. The van der Waals surface area contributed by atoms with Crippen LogP contribution >= 0.6 is 23.4 Å². The van der Waals surface area contributed by atoms with Crippen LogP contribution in [0.1, 0.15) is 11.1 Å². The highest BCUT2D eigenvalue weighted by atomic mass is 35.5. The Morgan fingerprint density at radius 2 is 1.88 bits per heavy atom. The van der Waals surface area contributed by atoms with Crippen molar-refractivity contribution in [3.8, 4) is 17.1 Å². The number of hydrogen-bond donors (Lipinski definition) is 1. The highest BCUT2D eigenvalue weighted by molar-refractivity contribution is 7.99. The maximum atomic E-state index is 13.2. The Kier molecular flexibility index (Phi) is 7.16. The van der Waals surface area contributed by atoms with E-state index in [2.05, 4.69) is 20.7 Å². The summed E-state index contributed by atoms with van der Waals surface area (Å²) in [5.74, 6) is 0.0277. The quantitative estimate of drug-likeness (QED) is 0.222. The first kappa shape index (κ1) is 22.7. The summed E-state index contributed by atoms with van der Waals surface area (Å²) in [6.07, 6.45) is 1.39. The van der Waals surface area contributed by atoms with E-state index in [0.717, 1.165) is 16.8 Å². The average Bonchev–Trinajstić information content (AvgIpc) is 3.23. The van der Waals surface area contributed by atoms with Crippen molar-refractivity contribution < 1.29 is 9.18 Å². The predicted molar refractivity (Wildman–Crippen MR) is 129 cm³/mol. The molecule has 6 nitrogen and oxygen atoms in total. The van der Waals surface area contributed by atoms with Crippen LogP contribution in [0.25, 0.3) is 17.1 Å². The molecule has 3 aromatic carbocycles. The lowest BCUT2D eigenvalue weighted by Gasteiger charge is -2.10. The number of amides is 1. The molecule has 0 fully saturated rings. The number of carbonyl (C=O) groups excluding carboxylic acids is 1. The van der Waals surface area contributed by atoms with Gasteiger partial charge >= 0.3 is 0 Å². The Morgan fingerprint density at radius 3 is 2.61 bits per heavy atom. The van der Waals surface area contributed by atoms with Gasteiger partial charge in [-0.2, -0.15) is 5.10 Å². The third-order valence-corrected chi connectivity index (χ3v) is 5.79. The Hall–Kier alpha value is -3.49. The topological polar surface area (TPSA) is 72.2 Å². The van der Waals surface area contributed by atoms with Crippen molar-refractivity contribution in [1.29, 1.82) is 0 Å². The van der Waals surface area contributed by atoms with Crippen molar-refractivity contribution in [2.75, 3.05) is 5.75 Å². The van der Waals surface area contributed by atoms with Crippen LogP contribution < -0.4 is 5.43 Å². The lowest BCUT2D eigenvalue weighted by atomic mass is 10.2. The van der Waals surface area contributed by atoms with Crippen molar-refractivity contribution in [2.45, 2.75) is 12.1 Å². The first-order valence-corrected chi connectivity index (χ1v) is 11.3. The Balaban J connectivity index is 1.51. The van der Waals surface area contributed by atoms with Crippen LogP contribution in [0.2, 0.25) is 5.02 Å². The van der Waals surface area contributed by atoms with Crippen LogP contribution in [0.3, 0.4) is 0 Å². The van der Waals surface area contributed by atoms with E-state index in [1.165, 1.54) is 30.1 Å². The molecular formula is C24H19ClFN5OS. The molecule has 0 aliphatic heterocycles. The number of nitrogens with zero attached hydrogens (tertiary/aromatic N) is 4. The number of carbonyl (C=O) groups is 1. The second-order valence-electron chi connectivity index (χ2n) is 7.12. The number of nitrogens with one attached hydrogen (secondary N) is 1. The molecule has 1 heterocycles. The van der Waals surface area contributed by atoms with Crippen LogP contribution in [0, 0.1) is 12.7 Å². The second-order valence-corrected chi connectivity index (χ2v) is 8.50. The smallest absolute Gasteiger partial charge is 0.250 e. The van der Waals surface area contributed by atoms with Gasteiger partial charge < -0.3 is 0 Å². The first-order valence-electron chi connectivity index (χ1n) is 9.98. The predicted octanol–water partition coefficient (Wildman–Crippen LogP) is 5.28. The summed E-state index contributed by atoms with van der Waals surface area (Å²) in [6.45, 7) is 2.01. The second kappa shape index (κ2) is 10.4. The summed E-state index contributed by atoms with van der Waals surface area (Å²) in [4.78, 5) is 12.3. The number of hydrazone groups is 1. The Bertz CT molecular complexity index is 1290. The van der Waals surface area contributed by atoms with Crippen molar-refractivity contribution in [3.05, 3.63) is 94.8 Å². The van der Waals surface area contributed by atoms with E-state index >= 15 is 0 Å². The minimum absolute atomic E-state index is 0.0745. The molecule has 0 unspecified atom stereocenters. The number of thioether (sulfide) groups is 1. The molecule has 0 aliphatic rings. The molecule has 1 amide bonds. The highest BCUT2D eigenvalue weighted by Crippen LogP contribution is 2.28. The molecule has 1 aromatic heterocycles. The van der Waals surface area contributed by atoms with Crippen LogP contribution in [0.15, 0.2) is 83.1 Å². The minimum atomic E-state index is -0.368. The fraction of sp³-hybridized carbons (Fsp3) is 0.0833. The van der Waals surface area contributed by atoms with E-state index in [0.29, 0.717) is 21.6 Å². The van der Waals surface area contributed by atoms with Gasteiger partial charge in [-0.05, 0) is 61.0 Å². The Labute approximate surface area is 199 Å². The lowest BCUT2D eigenvalue weighted by Crippen LogP contribution is -2.20. The molecule has 0 aliphatic carbocycles. The van der Waals surface area contributed by atoms with E-state index in [1.807, 2.05) is 47.9 Å². The number of halogens is 2. The van der Waals surface area contributed by atoms with Gasteiger partial charge in [0.05, 0.1) is 12.0 Å². The minimum Gasteiger partial charge on any atom is -0.272 e. The molecule has 1 N–H and O–H groups in total. The van der Waals surface area contributed by atoms with Gasteiger partial charge in [0.1, 0.15) is 5.82 Å². The van der Waals surface area contributed by atoms with E-state index < -0.39 is 0 Å². The first-order chi connectivity index (χ1) is 16.0. The summed E-state index contributed by atoms with van der Waals surface area (Å²) in [5.41, 5.74) is 5.86. The van der Waals surface area contributed by atoms with E-state index in [1.54, 1.807) is 24.3 Å². The van der Waals surface area contributed by atoms with Crippen LogP contribution in [0.4, 0.5) is 4.39 Å². The van der Waals surface area contributed by atoms with Crippen molar-refractivity contribution in [1.82, 2.24) is 20.2 Å². The number of aryl methyl sites for hydroxylation is 1. The molecule has 33 heavy (non-hydrogen) atoms. The monoisotopic (exact) mass is 479 g/mol. The van der Waals surface area contributed by atoms with Crippen molar-refractivity contribution >= 4 is 35.5 Å². The van der Waals surface area contributed by atoms with Gasteiger partial charge in [-0.15, -0.1) is 10.2 Å². The van der Waals surface area contributed by atoms with Gasteiger partial charge in [0.25, 0.3) is 5.91 Å². The molecule has 4 rings (SSSR count). The van der Waals surface area contributed by atoms with Gasteiger partial charge in [0.15, 0.2) is 11.0 Å². The fourth-order valence-electron chi connectivity index (χ4n) is 3.00. The molecule has 0 saturated carbocycles. The third-order valence-electron chi connectivity index (χ3n) is 4.61. The number of benzene rings is 3. The van der Waals surface area contributed by atoms with Crippen LogP contribution in [0.5, 0.6) is 0 Å². The molecule has 0 saturated heterocycles. The van der Waals surface area contributed by atoms with E-state index in [9.17, 15) is 9.18 Å². The third kappa shape index (κ3) is 5.85. The maximum Gasteiger partial charge on any atom is 0.250 e. The molecule has 0 atom stereocenters. The van der Waals surface area contributed by atoms with E-state index in [4.69, 9.17) is 11.6 Å². The summed E-state index contributed by atoms with van der Waals surface area (Å²) in [5, 5.41) is 13.7. The zero-order valence-electron chi connectivity index (χ0n) is 17.6. The zero-order chi connectivity index (χ0) is 23.2. The van der Waals surface area contributed by atoms with Crippen LogP contribution in [-0.2, 0) is 4.79 Å². The number of aromatic nitrogens is 3. The molecular weight excluding hydrogens is 461 g/mol. The highest BCUT2D eigenvalue weighted by Gasteiger charge is 2.17. The van der Waals surface area contributed by atoms with Gasteiger partial charge in [-0.3, -0.25) is 9.36 Å². The molecule has 0 bridgehead atoms. The molecule has 166 valence electrons. The van der Waals surface area contributed by atoms with Crippen molar-refractivity contribution in [2.24, 2.45) is 5.10 Å². The van der Waals surface area contributed by atoms with Crippen molar-refractivity contribution in [3.63, 3.8) is 0 Å². The van der Waals surface area contributed by atoms with Gasteiger partial charge in [0.2, 0.25) is 0 Å². The SMILES string of the molecule is Cc1ccc(-n2c(SCC(=O)N/N=C\c3cccc(F)c3)nnc2-c2ccc(Cl)cc2)cc1. The largest absolute Gasteiger partial charge is 0.272 e. The zero-order valence-corrected chi connectivity index (χ0v) is 19.1. The molecule has 4 aromatic rings. The summed E-state index contributed by atoms with van der Waals surface area (Å²) < 4.78 is 15.1. The van der Waals surface area contributed by atoms with E-state index in [-0.39, 0.29) is 17.5 Å². The molecule has 0 radical (unpaired) electrons.